The summed E-state index contributed by atoms with van der Waals surface area (Å²) in [5.41, 5.74) is 6.53. The molecule has 0 fully saturated rings. The molecule has 0 aromatic carbocycles. The third-order valence-corrected chi connectivity index (χ3v) is 2.74. The lowest BCUT2D eigenvalue weighted by Crippen LogP contribution is -2.11. The van der Waals surface area contributed by atoms with E-state index in [1.54, 1.807) is 18.6 Å². The van der Waals surface area contributed by atoms with Crippen LogP contribution in [-0.2, 0) is 6.54 Å². The van der Waals surface area contributed by atoms with E-state index >= 15 is 0 Å². The fraction of sp³-hybridized carbons (Fsp3) is 0.308. The lowest BCUT2D eigenvalue weighted by atomic mass is 10.3. The van der Waals surface area contributed by atoms with Gasteiger partial charge in [0.05, 0.1) is 6.33 Å². The van der Waals surface area contributed by atoms with Gasteiger partial charge in [0.25, 0.3) is 0 Å². The first-order valence-electron chi connectivity index (χ1n) is 6.46. The van der Waals surface area contributed by atoms with Crippen molar-refractivity contribution < 1.29 is 0 Å². The van der Waals surface area contributed by atoms with Crippen molar-refractivity contribution in [3.05, 3.63) is 37.7 Å². The summed E-state index contributed by atoms with van der Waals surface area (Å²) in [5, 5.41) is 6.29. The molecule has 2 heterocycles. The lowest BCUT2D eigenvalue weighted by molar-refractivity contribution is 0.660. The van der Waals surface area contributed by atoms with Crippen molar-refractivity contribution in [1.82, 2.24) is 19.5 Å². The Balaban J connectivity index is 1.84. The van der Waals surface area contributed by atoms with Crippen LogP contribution in [0.3, 0.4) is 0 Å². The van der Waals surface area contributed by atoms with Gasteiger partial charge >= 0.3 is 0 Å². The van der Waals surface area contributed by atoms with E-state index < -0.39 is 0 Å². The third-order valence-electron chi connectivity index (χ3n) is 2.74. The minimum atomic E-state index is 0.525. The fourth-order valence-corrected chi connectivity index (χ4v) is 1.73. The Kier molecular flexibility index (Phi) is 4.94. The Morgan fingerprint density at radius 1 is 1.30 bits per heavy atom. The van der Waals surface area contributed by atoms with Crippen molar-refractivity contribution in [3.63, 3.8) is 0 Å². The summed E-state index contributed by atoms with van der Waals surface area (Å²) in [4.78, 5) is 12.2. The van der Waals surface area contributed by atoms with Crippen LogP contribution in [0.1, 0.15) is 6.42 Å². The molecule has 4 N–H and O–H groups in total. The van der Waals surface area contributed by atoms with E-state index in [1.165, 1.54) is 6.33 Å². The molecule has 0 saturated heterocycles. The third kappa shape index (κ3) is 3.71. The molecule has 0 saturated carbocycles. The first-order chi connectivity index (χ1) is 9.81. The predicted octanol–water partition coefficient (Wildman–Crippen LogP) is 1.36. The Hall–Kier alpha value is -2.57. The van der Waals surface area contributed by atoms with Crippen molar-refractivity contribution in [2.24, 2.45) is 0 Å². The molecule has 0 bridgehead atoms. The maximum atomic E-state index is 6.00. The molecule has 0 radical (unpaired) electrons. The zero-order valence-electron chi connectivity index (χ0n) is 11.3. The number of nitrogens with one attached hydrogen (secondary N) is 2. The summed E-state index contributed by atoms with van der Waals surface area (Å²) in [6.45, 7) is 5.94. The highest BCUT2D eigenvalue weighted by Crippen LogP contribution is 2.21. The van der Waals surface area contributed by atoms with Crippen LogP contribution < -0.4 is 16.4 Å². The second-order valence-corrected chi connectivity index (χ2v) is 4.23. The van der Waals surface area contributed by atoms with Crippen molar-refractivity contribution in [3.8, 4) is 0 Å². The van der Waals surface area contributed by atoms with E-state index in [9.17, 15) is 0 Å². The number of hydrogen-bond acceptors (Lipinski definition) is 6. The number of aryl methyl sites for hydroxylation is 1. The maximum absolute atomic E-state index is 6.00. The highest BCUT2D eigenvalue weighted by Gasteiger charge is 2.06. The average molecular weight is 273 g/mol. The summed E-state index contributed by atoms with van der Waals surface area (Å²) in [5.74, 6) is 1.27. The number of imidazole rings is 1. The summed E-state index contributed by atoms with van der Waals surface area (Å²) in [7, 11) is 0. The lowest BCUT2D eigenvalue weighted by Gasteiger charge is -2.11. The quantitative estimate of drug-likeness (QED) is 0.496. The van der Waals surface area contributed by atoms with Gasteiger partial charge in [0, 0.05) is 32.0 Å². The molecule has 7 heteroatoms. The van der Waals surface area contributed by atoms with E-state index in [4.69, 9.17) is 5.73 Å². The number of anilines is 3. The summed E-state index contributed by atoms with van der Waals surface area (Å²) in [6.07, 6.45) is 9.70. The molecule has 2 aromatic rings. The molecule has 0 unspecified atom stereocenters. The Morgan fingerprint density at radius 2 is 2.10 bits per heavy atom. The number of rotatable bonds is 8. The van der Waals surface area contributed by atoms with Crippen molar-refractivity contribution >= 4 is 17.3 Å². The molecule has 0 spiro atoms. The molecular formula is C13H19N7. The molecule has 0 aliphatic carbocycles. The number of nitrogens with zero attached hydrogens (tertiary/aromatic N) is 4. The van der Waals surface area contributed by atoms with Crippen LogP contribution in [0.15, 0.2) is 37.7 Å². The summed E-state index contributed by atoms with van der Waals surface area (Å²) >= 11 is 0. The molecule has 7 nitrogen and oxygen atoms in total. The number of hydrogen-bond donors (Lipinski definition) is 3. The zero-order chi connectivity index (χ0) is 14.2. The maximum Gasteiger partial charge on any atom is 0.155 e. The standard InChI is InChI=1S/C13H19N7/c1-2-4-16-12-11(14)13(19-9-18-12)17-5-3-7-20-8-6-15-10-20/h2,6,8-10H,1,3-5,7,14H2,(H2,16,17,18,19). The van der Waals surface area contributed by atoms with Crippen molar-refractivity contribution in [2.45, 2.75) is 13.0 Å². The van der Waals surface area contributed by atoms with Crippen LogP contribution in [0, 0.1) is 0 Å². The van der Waals surface area contributed by atoms with Crippen molar-refractivity contribution in [2.75, 3.05) is 29.5 Å². The molecule has 20 heavy (non-hydrogen) atoms. The normalized spacial score (nSPS) is 10.2. The van der Waals surface area contributed by atoms with E-state index in [0.717, 1.165) is 19.5 Å². The van der Waals surface area contributed by atoms with Gasteiger partial charge in [0.1, 0.15) is 12.0 Å². The van der Waals surface area contributed by atoms with Gasteiger partial charge < -0.3 is 20.9 Å². The highest BCUT2D eigenvalue weighted by atomic mass is 15.1. The van der Waals surface area contributed by atoms with E-state index in [-0.39, 0.29) is 0 Å². The Labute approximate surface area is 118 Å². The van der Waals surface area contributed by atoms with Crippen LogP contribution in [0.2, 0.25) is 0 Å². The Bertz CT molecular complexity index is 536. The average Bonchev–Trinajstić information content (AvgIpc) is 2.97. The van der Waals surface area contributed by atoms with Crippen LogP contribution in [0.5, 0.6) is 0 Å². The smallest absolute Gasteiger partial charge is 0.155 e. The first kappa shape index (κ1) is 13.9. The number of nitrogen functional groups attached to an aromatic ring is 1. The van der Waals surface area contributed by atoms with Crippen LogP contribution in [-0.4, -0.2) is 32.6 Å². The summed E-state index contributed by atoms with van der Waals surface area (Å²) in [6, 6.07) is 0. The largest absolute Gasteiger partial charge is 0.393 e. The first-order valence-corrected chi connectivity index (χ1v) is 6.46. The fourth-order valence-electron chi connectivity index (χ4n) is 1.73. The van der Waals surface area contributed by atoms with E-state index in [2.05, 4.69) is 32.2 Å². The van der Waals surface area contributed by atoms with Gasteiger partial charge in [-0.25, -0.2) is 15.0 Å². The van der Waals surface area contributed by atoms with Gasteiger partial charge in [-0.1, -0.05) is 6.08 Å². The molecule has 0 amide bonds. The number of nitrogens with two attached hydrogens (primary N) is 1. The molecule has 0 aliphatic rings. The SMILES string of the molecule is C=CCNc1ncnc(NCCCn2ccnc2)c1N. The molecule has 0 aliphatic heterocycles. The highest BCUT2D eigenvalue weighted by molar-refractivity contribution is 5.73. The topological polar surface area (TPSA) is 93.7 Å². The van der Waals surface area contributed by atoms with E-state index in [1.807, 2.05) is 10.8 Å². The molecule has 2 aromatic heterocycles. The van der Waals surface area contributed by atoms with Gasteiger partial charge in [-0.15, -0.1) is 6.58 Å². The molecule has 2 rings (SSSR count). The van der Waals surface area contributed by atoms with Crippen LogP contribution in [0.4, 0.5) is 17.3 Å². The van der Waals surface area contributed by atoms with Gasteiger partial charge in [0.15, 0.2) is 11.6 Å². The number of aromatic nitrogens is 4. The molecule has 106 valence electrons. The monoisotopic (exact) mass is 273 g/mol. The zero-order valence-corrected chi connectivity index (χ0v) is 11.3. The Morgan fingerprint density at radius 3 is 2.80 bits per heavy atom. The van der Waals surface area contributed by atoms with Gasteiger partial charge in [-0.3, -0.25) is 0 Å². The molecular weight excluding hydrogens is 254 g/mol. The van der Waals surface area contributed by atoms with Gasteiger partial charge in [0.2, 0.25) is 0 Å². The minimum absolute atomic E-state index is 0.525. The molecule has 0 atom stereocenters. The van der Waals surface area contributed by atoms with Gasteiger partial charge in [-0.05, 0) is 6.42 Å². The second kappa shape index (κ2) is 7.13. The van der Waals surface area contributed by atoms with Crippen LogP contribution >= 0.6 is 0 Å². The predicted molar refractivity (Wildman–Crippen MR) is 80.5 cm³/mol. The second-order valence-electron chi connectivity index (χ2n) is 4.23. The van der Waals surface area contributed by atoms with Crippen LogP contribution in [0.25, 0.3) is 0 Å². The minimum Gasteiger partial charge on any atom is -0.393 e. The van der Waals surface area contributed by atoms with Crippen molar-refractivity contribution in [1.29, 1.82) is 0 Å². The summed E-state index contributed by atoms with van der Waals surface area (Å²) < 4.78 is 2.03. The van der Waals surface area contributed by atoms with Gasteiger partial charge in [-0.2, -0.15) is 0 Å². The van der Waals surface area contributed by atoms with E-state index in [0.29, 0.717) is 23.9 Å².